The number of phenolic OH excluding ortho intramolecular Hbond substituents is 1. The topological polar surface area (TPSA) is 52.5 Å². The second-order valence-corrected chi connectivity index (χ2v) is 5.96. The molecule has 1 aromatic carbocycles. The maximum absolute atomic E-state index is 13.1. The van der Waals surface area contributed by atoms with Gasteiger partial charge >= 0.3 is 0 Å². The third-order valence-electron chi connectivity index (χ3n) is 2.63. The van der Waals surface area contributed by atoms with E-state index in [0.29, 0.717) is 18.5 Å². The number of nitrogens with one attached hydrogen (secondary N) is 1. The Bertz CT molecular complexity index is 407. The molecule has 108 valence electrons. The number of halogens is 2. The van der Waals surface area contributed by atoms with E-state index >= 15 is 0 Å². The van der Waals surface area contributed by atoms with Crippen molar-refractivity contribution in [3.8, 4) is 5.75 Å². The van der Waals surface area contributed by atoms with Crippen LogP contribution in [0.25, 0.3) is 0 Å². The van der Waals surface area contributed by atoms with Crippen molar-refractivity contribution in [1.29, 1.82) is 0 Å². The highest BCUT2D eigenvalue weighted by molar-refractivity contribution is 5.29. The minimum Gasteiger partial charge on any atom is -0.503 e. The average molecular weight is 273 g/mol. The number of aliphatic hydroxyl groups is 1. The first kappa shape index (κ1) is 15.9. The Balaban J connectivity index is 2.46. The van der Waals surface area contributed by atoms with E-state index in [9.17, 15) is 13.9 Å². The van der Waals surface area contributed by atoms with Crippen LogP contribution in [0.4, 0.5) is 8.78 Å². The summed E-state index contributed by atoms with van der Waals surface area (Å²) in [6.07, 6.45) is 0.130. The minimum atomic E-state index is -0.980. The third kappa shape index (κ3) is 5.53. The lowest BCUT2D eigenvalue weighted by atomic mass is 9.89. The van der Waals surface area contributed by atoms with Gasteiger partial charge in [-0.25, -0.2) is 8.78 Å². The van der Waals surface area contributed by atoms with Gasteiger partial charge in [0.05, 0.1) is 6.10 Å². The zero-order valence-electron chi connectivity index (χ0n) is 11.5. The van der Waals surface area contributed by atoms with Crippen LogP contribution in [0.3, 0.4) is 0 Å². The Morgan fingerprint density at radius 3 is 2.21 bits per heavy atom. The summed E-state index contributed by atoms with van der Waals surface area (Å²) < 4.78 is 26.2. The van der Waals surface area contributed by atoms with Gasteiger partial charge < -0.3 is 15.5 Å². The summed E-state index contributed by atoms with van der Waals surface area (Å²) in [6, 6.07) is 2.14. The summed E-state index contributed by atoms with van der Waals surface area (Å²) in [7, 11) is 0. The van der Waals surface area contributed by atoms with Crippen LogP contribution in [0.2, 0.25) is 0 Å². The molecule has 0 bridgehead atoms. The van der Waals surface area contributed by atoms with E-state index in [-0.39, 0.29) is 12.0 Å². The van der Waals surface area contributed by atoms with Crippen molar-refractivity contribution >= 4 is 0 Å². The van der Waals surface area contributed by atoms with Crippen molar-refractivity contribution in [2.75, 3.05) is 6.54 Å². The van der Waals surface area contributed by atoms with Crippen LogP contribution in [0.1, 0.15) is 32.8 Å². The molecule has 0 saturated heterocycles. The van der Waals surface area contributed by atoms with Gasteiger partial charge in [-0.2, -0.15) is 0 Å². The van der Waals surface area contributed by atoms with Gasteiger partial charge in [0.2, 0.25) is 0 Å². The predicted molar refractivity (Wildman–Crippen MR) is 69.8 cm³/mol. The third-order valence-corrected chi connectivity index (χ3v) is 2.63. The van der Waals surface area contributed by atoms with Gasteiger partial charge in [-0.3, -0.25) is 0 Å². The number of phenols is 1. The van der Waals surface area contributed by atoms with Crippen molar-refractivity contribution in [1.82, 2.24) is 5.32 Å². The van der Waals surface area contributed by atoms with Crippen molar-refractivity contribution in [3.63, 3.8) is 0 Å². The fourth-order valence-electron chi connectivity index (χ4n) is 1.88. The van der Waals surface area contributed by atoms with Crippen LogP contribution in [0.5, 0.6) is 5.75 Å². The molecule has 0 aliphatic carbocycles. The van der Waals surface area contributed by atoms with Gasteiger partial charge in [0.15, 0.2) is 17.4 Å². The van der Waals surface area contributed by atoms with Crippen LogP contribution in [-0.2, 0) is 6.54 Å². The zero-order chi connectivity index (χ0) is 14.6. The molecule has 0 radical (unpaired) electrons. The molecule has 0 heterocycles. The quantitative estimate of drug-likeness (QED) is 0.773. The second-order valence-electron chi connectivity index (χ2n) is 5.96. The standard InChI is InChI=1S/C14H21F2NO2/c1-14(2,3)6-10(18)8-17-7-9-4-11(15)13(19)12(16)5-9/h4-5,10,17-19H,6-8H2,1-3H3. The molecule has 1 aromatic rings. The smallest absolute Gasteiger partial charge is 0.187 e. The molecule has 19 heavy (non-hydrogen) atoms. The number of benzene rings is 1. The molecule has 1 unspecified atom stereocenters. The lowest BCUT2D eigenvalue weighted by Gasteiger charge is -2.22. The number of hydrogen-bond donors (Lipinski definition) is 3. The number of rotatable bonds is 5. The highest BCUT2D eigenvalue weighted by Crippen LogP contribution is 2.22. The van der Waals surface area contributed by atoms with E-state index in [2.05, 4.69) is 5.32 Å². The summed E-state index contributed by atoms with van der Waals surface area (Å²) in [5, 5.41) is 21.7. The molecule has 0 fully saturated rings. The molecular formula is C14H21F2NO2. The maximum atomic E-state index is 13.1. The highest BCUT2D eigenvalue weighted by atomic mass is 19.1. The van der Waals surface area contributed by atoms with Crippen LogP contribution >= 0.6 is 0 Å². The Morgan fingerprint density at radius 1 is 1.21 bits per heavy atom. The van der Waals surface area contributed by atoms with Crippen LogP contribution in [-0.4, -0.2) is 22.9 Å². The summed E-state index contributed by atoms with van der Waals surface area (Å²) in [5.74, 6) is -2.92. The average Bonchev–Trinajstić information content (AvgIpc) is 2.23. The van der Waals surface area contributed by atoms with Gasteiger partial charge in [-0.05, 0) is 29.5 Å². The molecule has 0 aromatic heterocycles. The molecule has 3 nitrogen and oxygen atoms in total. The number of aliphatic hydroxyl groups excluding tert-OH is 1. The van der Waals surface area contributed by atoms with E-state index in [1.807, 2.05) is 20.8 Å². The largest absolute Gasteiger partial charge is 0.503 e. The van der Waals surface area contributed by atoms with Gasteiger partial charge in [-0.1, -0.05) is 20.8 Å². The molecule has 0 aliphatic rings. The Hall–Kier alpha value is -1.20. The first-order valence-electron chi connectivity index (χ1n) is 6.25. The van der Waals surface area contributed by atoms with Gasteiger partial charge in [0.1, 0.15) is 0 Å². The van der Waals surface area contributed by atoms with Crippen molar-refractivity contribution in [2.45, 2.75) is 39.8 Å². The van der Waals surface area contributed by atoms with Crippen LogP contribution < -0.4 is 5.32 Å². The number of aromatic hydroxyl groups is 1. The van der Waals surface area contributed by atoms with E-state index in [1.165, 1.54) is 0 Å². The number of hydrogen-bond acceptors (Lipinski definition) is 3. The Morgan fingerprint density at radius 2 is 1.74 bits per heavy atom. The minimum absolute atomic E-state index is 0.0256. The first-order valence-corrected chi connectivity index (χ1v) is 6.25. The van der Waals surface area contributed by atoms with E-state index in [1.54, 1.807) is 0 Å². The van der Waals surface area contributed by atoms with E-state index in [0.717, 1.165) is 12.1 Å². The predicted octanol–water partition coefficient (Wildman–Crippen LogP) is 2.56. The molecule has 5 heteroatoms. The molecule has 0 spiro atoms. The Kier molecular flexibility index (Phi) is 5.26. The highest BCUT2D eigenvalue weighted by Gasteiger charge is 2.16. The first-order chi connectivity index (χ1) is 8.69. The summed E-state index contributed by atoms with van der Waals surface area (Å²) >= 11 is 0. The molecular weight excluding hydrogens is 252 g/mol. The van der Waals surface area contributed by atoms with Crippen molar-refractivity contribution in [3.05, 3.63) is 29.3 Å². The molecule has 1 atom stereocenters. The zero-order valence-corrected chi connectivity index (χ0v) is 11.5. The summed E-state index contributed by atoms with van der Waals surface area (Å²) in [6.45, 7) is 6.67. The molecule has 0 amide bonds. The normalized spacial score (nSPS) is 13.6. The van der Waals surface area contributed by atoms with Gasteiger partial charge in [0.25, 0.3) is 0 Å². The van der Waals surface area contributed by atoms with E-state index < -0.39 is 23.5 Å². The summed E-state index contributed by atoms with van der Waals surface area (Å²) in [4.78, 5) is 0. The van der Waals surface area contributed by atoms with Crippen LogP contribution in [0, 0.1) is 17.0 Å². The van der Waals surface area contributed by atoms with Crippen molar-refractivity contribution in [2.24, 2.45) is 5.41 Å². The lowest BCUT2D eigenvalue weighted by molar-refractivity contribution is 0.119. The second kappa shape index (κ2) is 6.30. The monoisotopic (exact) mass is 273 g/mol. The SMILES string of the molecule is CC(C)(C)CC(O)CNCc1cc(F)c(O)c(F)c1. The molecule has 0 aliphatic heterocycles. The molecule has 0 saturated carbocycles. The van der Waals surface area contributed by atoms with Crippen molar-refractivity contribution < 1.29 is 19.0 Å². The Labute approximate surface area is 112 Å². The van der Waals surface area contributed by atoms with Crippen LogP contribution in [0.15, 0.2) is 12.1 Å². The fraction of sp³-hybridized carbons (Fsp3) is 0.571. The van der Waals surface area contributed by atoms with Gasteiger partial charge in [0, 0.05) is 13.1 Å². The van der Waals surface area contributed by atoms with Gasteiger partial charge in [-0.15, -0.1) is 0 Å². The maximum Gasteiger partial charge on any atom is 0.187 e. The fourth-order valence-corrected chi connectivity index (χ4v) is 1.88. The lowest BCUT2D eigenvalue weighted by Crippen LogP contribution is -2.29. The molecule has 1 rings (SSSR count). The summed E-state index contributed by atoms with van der Waals surface area (Å²) in [5.41, 5.74) is 0.411. The molecule has 3 N–H and O–H groups in total. The van der Waals surface area contributed by atoms with E-state index in [4.69, 9.17) is 5.11 Å².